The number of benzene rings is 2. The molecule has 2 N–H and O–H groups in total. The summed E-state index contributed by atoms with van der Waals surface area (Å²) in [5.41, 5.74) is 5.67. The maximum absolute atomic E-state index is 13.6. The lowest BCUT2D eigenvalue weighted by molar-refractivity contribution is 0.622. The topological polar surface area (TPSA) is 80.5 Å². The van der Waals surface area contributed by atoms with Crippen LogP contribution in [0.4, 0.5) is 21.8 Å². The number of halogens is 1. The first-order valence-corrected chi connectivity index (χ1v) is 9.82. The Bertz CT molecular complexity index is 1440. The first-order valence-electron chi connectivity index (χ1n) is 9.82. The van der Waals surface area contributed by atoms with Crippen molar-refractivity contribution in [1.82, 2.24) is 24.7 Å². The van der Waals surface area contributed by atoms with E-state index in [1.165, 1.54) is 12.3 Å². The van der Waals surface area contributed by atoms with E-state index in [1.807, 2.05) is 30.1 Å². The van der Waals surface area contributed by atoms with Gasteiger partial charge in [0, 0.05) is 42.7 Å². The first-order chi connectivity index (χ1) is 15.0. The molecule has 3 heterocycles. The zero-order valence-corrected chi connectivity index (χ0v) is 17.3. The van der Waals surface area contributed by atoms with Crippen LogP contribution in [0, 0.1) is 12.7 Å². The van der Waals surface area contributed by atoms with E-state index in [-0.39, 0.29) is 0 Å². The number of nitrogens with one attached hydrogen (secondary N) is 2. The Balaban J connectivity index is 1.66. The van der Waals surface area contributed by atoms with Crippen LogP contribution in [0.2, 0.25) is 0 Å². The van der Waals surface area contributed by atoms with Gasteiger partial charge in [0.15, 0.2) is 5.82 Å². The number of hydrogen-bond donors (Lipinski definition) is 2. The van der Waals surface area contributed by atoms with Gasteiger partial charge in [-0.15, -0.1) is 0 Å². The molecule has 0 fully saturated rings. The Kier molecular flexibility index (Phi) is 4.47. The monoisotopic (exact) mass is 413 g/mol. The fourth-order valence-corrected chi connectivity index (χ4v) is 3.86. The Labute approximate surface area is 178 Å². The van der Waals surface area contributed by atoms with Crippen LogP contribution in [0.1, 0.15) is 5.56 Å². The molecule has 0 spiro atoms. The van der Waals surface area contributed by atoms with Gasteiger partial charge in [-0.05, 0) is 36.2 Å². The number of hydrogen-bond acceptors (Lipinski definition) is 6. The molecule has 7 nitrogen and oxygen atoms in total. The molecule has 0 bridgehead atoms. The van der Waals surface area contributed by atoms with Crippen molar-refractivity contribution in [2.75, 3.05) is 17.7 Å². The minimum Gasteiger partial charge on any atom is -0.357 e. The molecule has 0 amide bonds. The fraction of sp³-hybridized carbons (Fsp3) is 0.130. The lowest BCUT2D eigenvalue weighted by Crippen LogP contribution is -1.97. The number of aryl methyl sites for hydroxylation is 2. The quantitative estimate of drug-likeness (QED) is 0.440. The zero-order valence-electron chi connectivity index (χ0n) is 17.3. The summed E-state index contributed by atoms with van der Waals surface area (Å²) in [7, 11) is 3.71. The number of fused-ring (bicyclic) bond motifs is 2. The highest BCUT2D eigenvalue weighted by molar-refractivity contribution is 6.03. The number of nitrogens with zero attached hydrogens (tertiary/aromatic N) is 5. The van der Waals surface area contributed by atoms with Gasteiger partial charge in [0.05, 0.1) is 29.1 Å². The Hall–Kier alpha value is -4.07. The molecule has 154 valence electrons. The smallest absolute Gasteiger partial charge is 0.222 e. The molecule has 31 heavy (non-hydrogen) atoms. The summed E-state index contributed by atoms with van der Waals surface area (Å²) in [6.45, 7) is 2.08. The van der Waals surface area contributed by atoms with E-state index in [0.717, 1.165) is 38.5 Å². The predicted molar refractivity (Wildman–Crippen MR) is 121 cm³/mol. The van der Waals surface area contributed by atoms with Crippen LogP contribution in [0.15, 0.2) is 55.0 Å². The Morgan fingerprint density at radius 2 is 1.90 bits per heavy atom. The number of pyridine rings is 1. The molecule has 0 saturated heterocycles. The Morgan fingerprint density at radius 3 is 2.71 bits per heavy atom. The highest BCUT2D eigenvalue weighted by Gasteiger charge is 2.17. The number of rotatable bonds is 4. The van der Waals surface area contributed by atoms with Crippen molar-refractivity contribution in [3.63, 3.8) is 0 Å². The van der Waals surface area contributed by atoms with E-state index >= 15 is 0 Å². The SMILES string of the molecule is CNc1ncc2cc(-c3c(C)ccc4c(Nc5cncc(F)c5)nn(C)c34)ccc2n1. The minimum absolute atomic E-state index is 0.401. The van der Waals surface area contributed by atoms with Crippen LogP contribution < -0.4 is 10.6 Å². The van der Waals surface area contributed by atoms with E-state index in [2.05, 4.69) is 55.8 Å². The lowest BCUT2D eigenvalue weighted by atomic mass is 9.96. The summed E-state index contributed by atoms with van der Waals surface area (Å²) < 4.78 is 15.4. The van der Waals surface area contributed by atoms with E-state index in [9.17, 15) is 4.39 Å². The third-order valence-electron chi connectivity index (χ3n) is 5.27. The summed E-state index contributed by atoms with van der Waals surface area (Å²) in [5.74, 6) is 0.836. The van der Waals surface area contributed by atoms with E-state index < -0.39 is 5.82 Å². The molecule has 0 atom stereocenters. The highest BCUT2D eigenvalue weighted by Crippen LogP contribution is 2.36. The van der Waals surface area contributed by atoms with Crippen LogP contribution in [-0.4, -0.2) is 31.8 Å². The highest BCUT2D eigenvalue weighted by atomic mass is 19.1. The van der Waals surface area contributed by atoms with E-state index in [4.69, 9.17) is 0 Å². The molecular formula is C23H20FN7. The summed E-state index contributed by atoms with van der Waals surface area (Å²) in [5, 5.41) is 12.7. The summed E-state index contributed by atoms with van der Waals surface area (Å²) in [6.07, 6.45) is 4.56. The summed E-state index contributed by atoms with van der Waals surface area (Å²) in [6, 6.07) is 11.6. The van der Waals surface area contributed by atoms with Crippen molar-refractivity contribution in [3.05, 3.63) is 66.4 Å². The van der Waals surface area contributed by atoms with Crippen molar-refractivity contribution in [3.8, 4) is 11.1 Å². The van der Waals surface area contributed by atoms with Gasteiger partial charge < -0.3 is 10.6 Å². The second-order valence-corrected chi connectivity index (χ2v) is 7.36. The van der Waals surface area contributed by atoms with E-state index in [0.29, 0.717) is 17.5 Å². The molecule has 5 aromatic rings. The van der Waals surface area contributed by atoms with Gasteiger partial charge in [-0.2, -0.15) is 5.10 Å². The third-order valence-corrected chi connectivity index (χ3v) is 5.27. The van der Waals surface area contributed by atoms with Crippen molar-refractivity contribution in [1.29, 1.82) is 0 Å². The molecule has 0 radical (unpaired) electrons. The van der Waals surface area contributed by atoms with Crippen LogP contribution >= 0.6 is 0 Å². The van der Waals surface area contributed by atoms with Gasteiger partial charge in [-0.1, -0.05) is 12.1 Å². The minimum atomic E-state index is -0.401. The first kappa shape index (κ1) is 18.9. The molecule has 0 aliphatic heterocycles. The molecule has 0 aliphatic rings. The molecule has 2 aromatic carbocycles. The second kappa shape index (κ2) is 7.32. The van der Waals surface area contributed by atoms with Gasteiger partial charge in [-0.25, -0.2) is 14.4 Å². The molecular weight excluding hydrogens is 393 g/mol. The average molecular weight is 413 g/mol. The maximum Gasteiger partial charge on any atom is 0.222 e. The third kappa shape index (κ3) is 3.31. The normalized spacial score (nSPS) is 11.2. The van der Waals surface area contributed by atoms with Gasteiger partial charge in [-0.3, -0.25) is 9.67 Å². The molecule has 8 heteroatoms. The zero-order chi connectivity index (χ0) is 21.5. The lowest BCUT2D eigenvalue weighted by Gasteiger charge is -2.11. The number of aromatic nitrogens is 5. The van der Waals surface area contributed by atoms with E-state index in [1.54, 1.807) is 13.2 Å². The maximum atomic E-state index is 13.6. The van der Waals surface area contributed by atoms with Crippen molar-refractivity contribution in [2.45, 2.75) is 6.92 Å². The van der Waals surface area contributed by atoms with Gasteiger partial charge in [0.1, 0.15) is 5.82 Å². The predicted octanol–water partition coefficient (Wildman–Crippen LogP) is 4.81. The van der Waals surface area contributed by atoms with Crippen molar-refractivity contribution < 1.29 is 4.39 Å². The molecule has 0 unspecified atom stereocenters. The fourth-order valence-electron chi connectivity index (χ4n) is 3.86. The standard InChI is InChI=1S/C23H20FN7/c1-13-4-6-18-21(31(3)30-22(18)28-17-9-16(24)11-26-12-17)20(13)14-5-7-19-15(8-14)10-27-23(25-2)29-19/h4-12H,1-3H3,(H,28,30)(H,25,27,29). The van der Waals surface area contributed by atoms with Crippen molar-refractivity contribution in [2.24, 2.45) is 7.05 Å². The average Bonchev–Trinajstić information content (AvgIpc) is 3.08. The number of anilines is 3. The summed E-state index contributed by atoms with van der Waals surface area (Å²) >= 11 is 0. The second-order valence-electron chi connectivity index (χ2n) is 7.36. The molecule has 5 rings (SSSR count). The van der Waals surface area contributed by atoms with Crippen molar-refractivity contribution >= 4 is 39.3 Å². The van der Waals surface area contributed by atoms with Gasteiger partial charge in [0.2, 0.25) is 5.95 Å². The molecule has 0 saturated carbocycles. The summed E-state index contributed by atoms with van der Waals surface area (Å²) in [4.78, 5) is 12.7. The largest absolute Gasteiger partial charge is 0.357 e. The molecule has 0 aliphatic carbocycles. The van der Waals surface area contributed by atoms with Crippen LogP contribution in [0.3, 0.4) is 0 Å². The molecule has 3 aromatic heterocycles. The van der Waals surface area contributed by atoms with Crippen LogP contribution in [0.5, 0.6) is 0 Å². The van der Waals surface area contributed by atoms with Crippen LogP contribution in [0.25, 0.3) is 32.9 Å². The van der Waals surface area contributed by atoms with Gasteiger partial charge >= 0.3 is 0 Å². The van der Waals surface area contributed by atoms with Crippen LogP contribution in [-0.2, 0) is 7.05 Å². The Morgan fingerprint density at radius 1 is 1.03 bits per heavy atom. The van der Waals surface area contributed by atoms with Gasteiger partial charge in [0.25, 0.3) is 0 Å².